The second kappa shape index (κ2) is 6.15. The topological polar surface area (TPSA) is 102 Å². The fourth-order valence-corrected chi connectivity index (χ4v) is 3.03. The van der Waals surface area contributed by atoms with Gasteiger partial charge in [0.2, 0.25) is 0 Å². The molecule has 1 aliphatic rings. The Bertz CT molecular complexity index is 714. The third-order valence-corrected chi connectivity index (χ3v) is 4.12. The lowest BCUT2D eigenvalue weighted by Gasteiger charge is -2.34. The molecule has 1 aromatic heterocycles. The molecule has 0 amide bonds. The summed E-state index contributed by atoms with van der Waals surface area (Å²) in [6.07, 6.45) is 3.74. The lowest BCUT2D eigenvalue weighted by Crippen LogP contribution is -2.43. The number of benzene rings is 1. The molecule has 1 saturated heterocycles. The Morgan fingerprint density at radius 3 is 2.96 bits per heavy atom. The molecule has 122 valence electrons. The molecule has 1 aromatic carbocycles. The zero-order valence-corrected chi connectivity index (χ0v) is 13.0. The molecule has 0 aliphatic carbocycles. The van der Waals surface area contributed by atoms with Gasteiger partial charge in [0.15, 0.2) is 0 Å². The minimum atomic E-state index is -0.385. The van der Waals surface area contributed by atoms with Crippen LogP contribution in [0.2, 0.25) is 0 Å². The lowest BCUT2D eigenvalue weighted by molar-refractivity contribution is -0.384. The Labute approximate surface area is 134 Å². The highest BCUT2D eigenvalue weighted by Crippen LogP contribution is 2.29. The van der Waals surface area contributed by atoms with Gasteiger partial charge in [0, 0.05) is 44.0 Å². The monoisotopic (exact) mass is 316 g/mol. The van der Waals surface area contributed by atoms with Crippen LogP contribution in [0.15, 0.2) is 30.5 Å². The Kier molecular flexibility index (Phi) is 4.05. The number of nitro groups is 1. The number of hydrogen-bond acceptors (Lipinski definition) is 6. The summed E-state index contributed by atoms with van der Waals surface area (Å²) >= 11 is 0. The van der Waals surface area contributed by atoms with Crippen molar-refractivity contribution in [3.63, 3.8) is 0 Å². The first-order valence-corrected chi connectivity index (χ1v) is 7.58. The first kappa shape index (κ1) is 15.1. The average molecular weight is 316 g/mol. The van der Waals surface area contributed by atoms with Crippen molar-refractivity contribution in [1.82, 2.24) is 9.78 Å². The second-order valence-electron chi connectivity index (χ2n) is 5.78. The molecule has 23 heavy (non-hydrogen) atoms. The minimum Gasteiger partial charge on any atom is -0.399 e. The predicted octanol–water partition coefficient (Wildman–Crippen LogP) is 1.99. The van der Waals surface area contributed by atoms with Crippen LogP contribution < -0.4 is 16.0 Å². The molecule has 3 rings (SSSR count). The van der Waals surface area contributed by atoms with Crippen molar-refractivity contribution in [3.8, 4) is 0 Å². The first-order chi connectivity index (χ1) is 11.0. The molecular formula is C15H20N6O2. The molecule has 0 spiro atoms. The molecule has 0 bridgehead atoms. The summed E-state index contributed by atoms with van der Waals surface area (Å²) in [6.45, 7) is 1.72. The van der Waals surface area contributed by atoms with Crippen LogP contribution in [-0.2, 0) is 7.05 Å². The third-order valence-electron chi connectivity index (χ3n) is 4.12. The Morgan fingerprint density at radius 1 is 1.43 bits per heavy atom. The van der Waals surface area contributed by atoms with Crippen LogP contribution in [0.5, 0.6) is 0 Å². The van der Waals surface area contributed by atoms with E-state index in [1.807, 2.05) is 17.8 Å². The van der Waals surface area contributed by atoms with E-state index in [9.17, 15) is 10.1 Å². The Balaban J connectivity index is 1.77. The quantitative estimate of drug-likeness (QED) is 0.508. The van der Waals surface area contributed by atoms with E-state index < -0.39 is 0 Å². The van der Waals surface area contributed by atoms with E-state index in [4.69, 9.17) is 5.73 Å². The molecule has 1 atom stereocenters. The smallest absolute Gasteiger partial charge is 0.292 e. The van der Waals surface area contributed by atoms with Gasteiger partial charge < -0.3 is 16.0 Å². The molecule has 2 heterocycles. The summed E-state index contributed by atoms with van der Waals surface area (Å²) in [6, 6.07) is 6.72. The maximum absolute atomic E-state index is 11.2. The Morgan fingerprint density at radius 2 is 2.26 bits per heavy atom. The molecule has 1 fully saturated rings. The van der Waals surface area contributed by atoms with Crippen molar-refractivity contribution in [2.24, 2.45) is 7.05 Å². The van der Waals surface area contributed by atoms with Crippen molar-refractivity contribution in [2.45, 2.75) is 18.9 Å². The van der Waals surface area contributed by atoms with Gasteiger partial charge in [-0.25, -0.2) is 0 Å². The maximum atomic E-state index is 11.2. The number of nitro benzene ring substituents is 1. The average Bonchev–Trinajstić information content (AvgIpc) is 2.93. The fraction of sp³-hybridized carbons (Fsp3) is 0.400. The molecule has 8 heteroatoms. The number of anilines is 3. The number of aryl methyl sites for hydroxylation is 1. The molecule has 0 saturated carbocycles. The van der Waals surface area contributed by atoms with Crippen LogP contribution in [0, 0.1) is 10.1 Å². The predicted molar refractivity (Wildman–Crippen MR) is 89.6 cm³/mol. The zero-order valence-electron chi connectivity index (χ0n) is 13.0. The number of nitrogens with one attached hydrogen (secondary N) is 1. The van der Waals surface area contributed by atoms with Gasteiger partial charge >= 0.3 is 0 Å². The summed E-state index contributed by atoms with van der Waals surface area (Å²) in [4.78, 5) is 13.0. The molecule has 0 radical (unpaired) electrons. The maximum Gasteiger partial charge on any atom is 0.292 e. The largest absolute Gasteiger partial charge is 0.399 e. The van der Waals surface area contributed by atoms with Gasteiger partial charge in [0.25, 0.3) is 5.69 Å². The molecule has 1 aliphatic heterocycles. The number of nitrogen functional groups attached to an aromatic ring is 1. The standard InChI is InChI=1S/C15H20N6O2/c1-19-15(6-7-17-19)20-8-2-3-12(10-20)18-13-9-11(16)4-5-14(13)21(22)23/h4-7,9,12,18H,2-3,8,10,16H2,1H3/t12-/m1/s1. The van der Waals surface area contributed by atoms with E-state index in [0.717, 1.165) is 31.7 Å². The SMILES string of the molecule is Cn1nccc1N1CCC[C@@H](Nc2cc(N)ccc2[N+](=O)[O-])C1. The fourth-order valence-electron chi connectivity index (χ4n) is 3.03. The van der Waals surface area contributed by atoms with Crippen LogP contribution >= 0.6 is 0 Å². The highest BCUT2D eigenvalue weighted by atomic mass is 16.6. The van der Waals surface area contributed by atoms with Crippen molar-refractivity contribution >= 4 is 22.9 Å². The molecule has 0 unspecified atom stereocenters. The third kappa shape index (κ3) is 3.20. The van der Waals surface area contributed by atoms with E-state index in [1.165, 1.54) is 6.07 Å². The minimum absolute atomic E-state index is 0.0526. The molecule has 2 aromatic rings. The Hall–Kier alpha value is -2.77. The second-order valence-corrected chi connectivity index (χ2v) is 5.78. The van der Waals surface area contributed by atoms with Crippen LogP contribution in [0.4, 0.5) is 22.9 Å². The summed E-state index contributed by atoms with van der Waals surface area (Å²) in [5, 5.41) is 18.7. The van der Waals surface area contributed by atoms with Crippen molar-refractivity contribution in [2.75, 3.05) is 29.0 Å². The first-order valence-electron chi connectivity index (χ1n) is 7.58. The number of rotatable bonds is 4. The summed E-state index contributed by atoms with van der Waals surface area (Å²) in [5.41, 5.74) is 6.82. The number of aromatic nitrogens is 2. The molecule has 8 nitrogen and oxygen atoms in total. The number of piperidine rings is 1. The lowest BCUT2D eigenvalue weighted by atomic mass is 10.0. The highest BCUT2D eigenvalue weighted by molar-refractivity contribution is 5.67. The van der Waals surface area contributed by atoms with Gasteiger partial charge in [-0.05, 0) is 25.0 Å². The highest BCUT2D eigenvalue weighted by Gasteiger charge is 2.24. The van der Waals surface area contributed by atoms with Gasteiger partial charge in [-0.1, -0.05) is 0 Å². The van der Waals surface area contributed by atoms with E-state index >= 15 is 0 Å². The molecule has 3 N–H and O–H groups in total. The zero-order chi connectivity index (χ0) is 16.4. The van der Waals surface area contributed by atoms with Crippen molar-refractivity contribution in [1.29, 1.82) is 0 Å². The normalized spacial score (nSPS) is 18.0. The van der Waals surface area contributed by atoms with Crippen molar-refractivity contribution in [3.05, 3.63) is 40.6 Å². The van der Waals surface area contributed by atoms with E-state index in [2.05, 4.69) is 15.3 Å². The van der Waals surface area contributed by atoms with E-state index in [-0.39, 0.29) is 16.7 Å². The van der Waals surface area contributed by atoms with E-state index in [0.29, 0.717) is 11.4 Å². The van der Waals surface area contributed by atoms with Crippen LogP contribution in [0.1, 0.15) is 12.8 Å². The van der Waals surface area contributed by atoms with Gasteiger partial charge in [-0.2, -0.15) is 5.10 Å². The van der Waals surface area contributed by atoms with Gasteiger partial charge in [0.05, 0.1) is 11.1 Å². The number of hydrogen-bond donors (Lipinski definition) is 2. The van der Waals surface area contributed by atoms with Crippen LogP contribution in [0.3, 0.4) is 0 Å². The van der Waals surface area contributed by atoms with Gasteiger partial charge in [0.1, 0.15) is 11.5 Å². The number of nitrogens with zero attached hydrogens (tertiary/aromatic N) is 4. The van der Waals surface area contributed by atoms with Crippen LogP contribution in [-0.4, -0.2) is 33.8 Å². The summed E-state index contributed by atoms with van der Waals surface area (Å²) in [7, 11) is 1.91. The van der Waals surface area contributed by atoms with Crippen molar-refractivity contribution < 1.29 is 4.92 Å². The summed E-state index contributed by atoms with van der Waals surface area (Å²) in [5.74, 6) is 1.05. The molecular weight excluding hydrogens is 296 g/mol. The van der Waals surface area contributed by atoms with E-state index in [1.54, 1.807) is 18.3 Å². The van der Waals surface area contributed by atoms with Gasteiger partial charge in [-0.15, -0.1) is 0 Å². The number of nitrogens with two attached hydrogens (primary N) is 1. The van der Waals surface area contributed by atoms with Crippen LogP contribution in [0.25, 0.3) is 0 Å². The summed E-state index contributed by atoms with van der Waals surface area (Å²) < 4.78 is 1.84. The van der Waals surface area contributed by atoms with Gasteiger partial charge in [-0.3, -0.25) is 14.8 Å².